The van der Waals surface area contributed by atoms with Crippen molar-refractivity contribution in [2.45, 2.75) is 57.8 Å². The first-order valence-electron chi connectivity index (χ1n) is 9.74. The van der Waals surface area contributed by atoms with Gasteiger partial charge in [-0.3, -0.25) is 4.79 Å². The number of rotatable bonds is 12. The third-order valence-electron chi connectivity index (χ3n) is 5.19. The predicted octanol–water partition coefficient (Wildman–Crippen LogP) is 5.25. The van der Waals surface area contributed by atoms with Crippen molar-refractivity contribution in [2.75, 3.05) is 13.2 Å². The third-order valence-corrected chi connectivity index (χ3v) is 5.19. The first kappa shape index (κ1) is 19.7. The number of unbranched alkanes of at least 4 members (excludes halogenated alkanes) is 1. The van der Waals surface area contributed by atoms with Crippen LogP contribution in [0.15, 0.2) is 42.5 Å². The third kappa shape index (κ3) is 8.35. The molecule has 2 rings (SSSR count). The zero-order valence-corrected chi connectivity index (χ0v) is 15.2. The molecule has 1 N–H and O–H groups in total. The van der Waals surface area contributed by atoms with E-state index in [4.69, 9.17) is 9.84 Å². The van der Waals surface area contributed by atoms with E-state index in [1.54, 1.807) is 0 Å². The van der Waals surface area contributed by atoms with Crippen LogP contribution in [-0.4, -0.2) is 24.3 Å². The molecule has 1 aliphatic rings. The van der Waals surface area contributed by atoms with Crippen LogP contribution in [0.2, 0.25) is 0 Å². The highest BCUT2D eigenvalue weighted by Gasteiger charge is 2.25. The molecule has 0 radical (unpaired) electrons. The molecule has 0 heterocycles. The molecule has 1 aliphatic carbocycles. The molecule has 0 saturated heterocycles. The molecular weight excluding hydrogens is 312 g/mol. The molecular formula is C22H32O3. The Balaban J connectivity index is 1.54. The van der Waals surface area contributed by atoms with Gasteiger partial charge in [0.1, 0.15) is 0 Å². The number of carbonyl (C=O) groups is 1. The van der Waals surface area contributed by atoms with Crippen LogP contribution < -0.4 is 0 Å². The fourth-order valence-corrected chi connectivity index (χ4v) is 3.74. The summed E-state index contributed by atoms with van der Waals surface area (Å²) in [6.07, 6.45) is 13.6. The number of aliphatic carboxylic acids is 1. The largest absolute Gasteiger partial charge is 0.481 e. The molecule has 0 bridgehead atoms. The Labute approximate surface area is 152 Å². The van der Waals surface area contributed by atoms with Gasteiger partial charge in [-0.2, -0.15) is 0 Å². The van der Waals surface area contributed by atoms with E-state index in [0.29, 0.717) is 0 Å². The van der Waals surface area contributed by atoms with Crippen LogP contribution in [0, 0.1) is 11.8 Å². The molecule has 0 spiro atoms. The average Bonchev–Trinajstić information content (AvgIpc) is 3.06. The van der Waals surface area contributed by atoms with Crippen molar-refractivity contribution in [3.05, 3.63) is 48.0 Å². The smallest absolute Gasteiger partial charge is 0.303 e. The highest BCUT2D eigenvalue weighted by Crippen LogP contribution is 2.36. The normalized spacial score (nSPS) is 20.3. The molecule has 1 saturated carbocycles. The predicted molar refractivity (Wildman–Crippen MR) is 102 cm³/mol. The van der Waals surface area contributed by atoms with Gasteiger partial charge < -0.3 is 9.84 Å². The SMILES string of the molecule is O=C(O)CCC/C=C\C[C@H]1CCCC1CCOCCc1ccccc1. The summed E-state index contributed by atoms with van der Waals surface area (Å²) in [4.78, 5) is 10.5. The number of hydrogen-bond donors (Lipinski definition) is 1. The van der Waals surface area contributed by atoms with E-state index >= 15 is 0 Å². The van der Waals surface area contributed by atoms with Gasteiger partial charge in [0.2, 0.25) is 0 Å². The van der Waals surface area contributed by atoms with E-state index in [1.807, 2.05) is 6.07 Å². The molecule has 0 aromatic heterocycles. The Morgan fingerprint density at radius 1 is 1.12 bits per heavy atom. The maximum Gasteiger partial charge on any atom is 0.303 e. The maximum atomic E-state index is 10.5. The van der Waals surface area contributed by atoms with Gasteiger partial charge in [-0.1, -0.05) is 55.3 Å². The van der Waals surface area contributed by atoms with E-state index in [-0.39, 0.29) is 6.42 Å². The average molecular weight is 344 g/mol. The molecule has 0 amide bonds. The van der Waals surface area contributed by atoms with Crippen LogP contribution in [0.5, 0.6) is 0 Å². The van der Waals surface area contributed by atoms with E-state index in [2.05, 4.69) is 36.4 Å². The minimum absolute atomic E-state index is 0.275. The molecule has 1 aromatic carbocycles. The highest BCUT2D eigenvalue weighted by atomic mass is 16.5. The highest BCUT2D eigenvalue weighted by molar-refractivity contribution is 5.66. The van der Waals surface area contributed by atoms with Gasteiger partial charge in [0, 0.05) is 13.0 Å². The van der Waals surface area contributed by atoms with Gasteiger partial charge in [0.05, 0.1) is 6.61 Å². The van der Waals surface area contributed by atoms with E-state index < -0.39 is 5.97 Å². The van der Waals surface area contributed by atoms with Crippen molar-refractivity contribution in [2.24, 2.45) is 11.8 Å². The lowest BCUT2D eigenvalue weighted by molar-refractivity contribution is -0.137. The lowest BCUT2D eigenvalue weighted by Gasteiger charge is -2.18. The number of carboxylic acids is 1. The van der Waals surface area contributed by atoms with Crippen molar-refractivity contribution < 1.29 is 14.6 Å². The van der Waals surface area contributed by atoms with Crippen LogP contribution >= 0.6 is 0 Å². The summed E-state index contributed by atoms with van der Waals surface area (Å²) in [6, 6.07) is 10.5. The summed E-state index contributed by atoms with van der Waals surface area (Å²) >= 11 is 0. The Morgan fingerprint density at radius 2 is 1.92 bits per heavy atom. The van der Waals surface area contributed by atoms with Crippen molar-refractivity contribution in [3.63, 3.8) is 0 Å². The number of ether oxygens (including phenoxy) is 1. The maximum absolute atomic E-state index is 10.5. The van der Waals surface area contributed by atoms with E-state index in [0.717, 1.165) is 50.7 Å². The van der Waals surface area contributed by atoms with Crippen LogP contribution in [0.25, 0.3) is 0 Å². The number of hydrogen-bond acceptors (Lipinski definition) is 2. The van der Waals surface area contributed by atoms with Crippen molar-refractivity contribution in [1.29, 1.82) is 0 Å². The van der Waals surface area contributed by atoms with Crippen molar-refractivity contribution >= 4 is 5.97 Å². The number of allylic oxidation sites excluding steroid dienone is 2. The molecule has 2 atom stereocenters. The summed E-state index contributed by atoms with van der Waals surface area (Å²) in [7, 11) is 0. The topological polar surface area (TPSA) is 46.5 Å². The number of carboxylic acid groups (broad SMARTS) is 1. The van der Waals surface area contributed by atoms with Gasteiger partial charge in [-0.05, 0) is 55.9 Å². The Kier molecular flexibility index (Phi) is 9.35. The lowest BCUT2D eigenvalue weighted by Crippen LogP contribution is -2.11. The Morgan fingerprint density at radius 3 is 2.72 bits per heavy atom. The van der Waals surface area contributed by atoms with Gasteiger partial charge in [-0.25, -0.2) is 0 Å². The Bertz CT molecular complexity index is 509. The zero-order valence-electron chi connectivity index (χ0n) is 15.2. The second-order valence-electron chi connectivity index (χ2n) is 7.08. The minimum Gasteiger partial charge on any atom is -0.481 e. The summed E-state index contributed by atoms with van der Waals surface area (Å²) in [6.45, 7) is 1.68. The van der Waals surface area contributed by atoms with Gasteiger partial charge in [-0.15, -0.1) is 0 Å². The lowest BCUT2D eigenvalue weighted by atomic mass is 9.90. The van der Waals surface area contributed by atoms with Gasteiger partial charge >= 0.3 is 5.97 Å². The van der Waals surface area contributed by atoms with Crippen molar-refractivity contribution in [1.82, 2.24) is 0 Å². The molecule has 0 aliphatic heterocycles. The first-order valence-corrected chi connectivity index (χ1v) is 9.74. The van der Waals surface area contributed by atoms with Crippen molar-refractivity contribution in [3.8, 4) is 0 Å². The minimum atomic E-state index is -0.698. The molecule has 3 nitrogen and oxygen atoms in total. The molecule has 1 unspecified atom stereocenters. The summed E-state index contributed by atoms with van der Waals surface area (Å²) in [5.41, 5.74) is 1.34. The quantitative estimate of drug-likeness (QED) is 0.416. The monoisotopic (exact) mass is 344 g/mol. The van der Waals surface area contributed by atoms with E-state index in [1.165, 1.54) is 31.2 Å². The molecule has 3 heteroatoms. The van der Waals surface area contributed by atoms with E-state index in [9.17, 15) is 4.79 Å². The standard InChI is InChI=1S/C22H32O3/c23-22(24)14-7-2-1-6-11-20-12-8-13-21(20)16-18-25-17-15-19-9-4-3-5-10-19/h1,3-6,9-10,20-21H,2,7-8,11-18H2,(H,23,24)/b6-1-/t20-,21?/m0/s1. The van der Waals surface area contributed by atoms with Gasteiger partial charge in [0.25, 0.3) is 0 Å². The molecule has 1 aromatic rings. The molecule has 25 heavy (non-hydrogen) atoms. The Hall–Kier alpha value is -1.61. The van der Waals surface area contributed by atoms with Crippen LogP contribution in [-0.2, 0) is 16.0 Å². The summed E-state index contributed by atoms with van der Waals surface area (Å²) < 4.78 is 5.85. The summed E-state index contributed by atoms with van der Waals surface area (Å²) in [5.74, 6) is 0.880. The fourth-order valence-electron chi connectivity index (χ4n) is 3.74. The zero-order chi connectivity index (χ0) is 17.7. The van der Waals surface area contributed by atoms with Crippen LogP contribution in [0.3, 0.4) is 0 Å². The first-order chi connectivity index (χ1) is 12.3. The molecule has 138 valence electrons. The second kappa shape index (κ2) is 11.9. The second-order valence-corrected chi connectivity index (χ2v) is 7.08. The van der Waals surface area contributed by atoms with Gasteiger partial charge in [0.15, 0.2) is 0 Å². The summed E-state index contributed by atoms with van der Waals surface area (Å²) in [5, 5.41) is 8.63. The fraction of sp³-hybridized carbons (Fsp3) is 0.591. The number of benzene rings is 1. The molecule has 1 fully saturated rings. The van der Waals surface area contributed by atoms with Crippen LogP contribution in [0.4, 0.5) is 0 Å². The van der Waals surface area contributed by atoms with Crippen LogP contribution in [0.1, 0.15) is 56.9 Å².